The highest BCUT2D eigenvalue weighted by molar-refractivity contribution is 7.73. The summed E-state index contributed by atoms with van der Waals surface area (Å²) in [5.74, 6) is 0. The second kappa shape index (κ2) is 3.03. The Morgan fingerprint density at radius 1 is 1.43 bits per heavy atom. The molecule has 74 valence electrons. The molecule has 2 rings (SSSR count). The Balaban J connectivity index is 2.67. The van der Waals surface area contributed by atoms with E-state index in [0.29, 0.717) is 14.2 Å². The van der Waals surface area contributed by atoms with E-state index < -0.39 is 11.9 Å². The molecule has 2 heterocycles. The van der Waals surface area contributed by atoms with Crippen LogP contribution in [-0.4, -0.2) is 9.97 Å². The molecule has 14 heavy (non-hydrogen) atoms. The van der Waals surface area contributed by atoms with Gasteiger partial charge in [-0.3, -0.25) is 0 Å². The van der Waals surface area contributed by atoms with Crippen LogP contribution in [0.25, 0.3) is 10.2 Å². The van der Waals surface area contributed by atoms with E-state index in [-0.39, 0.29) is 0 Å². The highest BCUT2D eigenvalue weighted by atomic mass is 32.1. The number of aromatic nitrogens is 2. The van der Waals surface area contributed by atoms with Gasteiger partial charge in [0.2, 0.25) is 0 Å². The lowest BCUT2D eigenvalue weighted by atomic mass is 10.3. The third-order valence-corrected chi connectivity index (χ3v) is 2.79. The third kappa shape index (κ3) is 1.64. The van der Waals surface area contributed by atoms with Gasteiger partial charge in [0.15, 0.2) is 3.95 Å². The summed E-state index contributed by atoms with van der Waals surface area (Å²) >= 11 is 5.91. The second-order valence-corrected chi connectivity index (χ2v) is 4.30. The number of thiazole rings is 1. The van der Waals surface area contributed by atoms with Gasteiger partial charge in [-0.15, -0.1) is 11.3 Å². The van der Waals surface area contributed by atoms with Crippen molar-refractivity contribution in [2.24, 2.45) is 0 Å². The topological polar surface area (TPSA) is 28.7 Å². The molecule has 0 aromatic carbocycles. The number of fused-ring (bicyclic) bond motifs is 1. The summed E-state index contributed by atoms with van der Waals surface area (Å²) < 4.78 is 37.6. The standard InChI is InChI=1S/C7H3F3N2S2/c8-7(9,10)5-1-4-3(2-11-5)12-6(13)14-4/h1-2H,(H,12,13). The Kier molecular flexibility index (Phi) is 2.07. The molecule has 0 aliphatic carbocycles. The highest BCUT2D eigenvalue weighted by Gasteiger charge is 2.32. The maximum Gasteiger partial charge on any atom is 0.433 e. The molecule has 0 fully saturated rings. The predicted molar refractivity (Wildman–Crippen MR) is 49.8 cm³/mol. The molecule has 0 aliphatic rings. The minimum absolute atomic E-state index is 0.445. The fraction of sp³-hybridized carbons (Fsp3) is 0.143. The quantitative estimate of drug-likeness (QED) is 0.710. The van der Waals surface area contributed by atoms with Crippen molar-refractivity contribution in [1.29, 1.82) is 0 Å². The summed E-state index contributed by atoms with van der Waals surface area (Å²) in [6, 6.07) is 0.992. The van der Waals surface area contributed by atoms with Crippen LogP contribution in [0.5, 0.6) is 0 Å². The van der Waals surface area contributed by atoms with Crippen LogP contribution in [0.2, 0.25) is 0 Å². The molecule has 0 atom stereocenters. The van der Waals surface area contributed by atoms with E-state index in [1.807, 2.05) is 0 Å². The van der Waals surface area contributed by atoms with Crippen LogP contribution >= 0.6 is 23.6 Å². The van der Waals surface area contributed by atoms with Crippen LogP contribution in [0.15, 0.2) is 12.3 Å². The minimum atomic E-state index is -4.40. The van der Waals surface area contributed by atoms with Gasteiger partial charge in [-0.2, -0.15) is 13.2 Å². The number of alkyl halides is 3. The first-order valence-corrected chi connectivity index (χ1v) is 4.75. The number of rotatable bonds is 0. The first kappa shape index (κ1) is 9.60. The number of halogens is 3. The summed E-state index contributed by atoms with van der Waals surface area (Å²) in [5, 5.41) is 0. The van der Waals surface area contributed by atoms with Crippen molar-refractivity contribution in [3.8, 4) is 0 Å². The van der Waals surface area contributed by atoms with Gasteiger partial charge < -0.3 is 4.98 Å². The van der Waals surface area contributed by atoms with Gasteiger partial charge in [0.05, 0.1) is 16.4 Å². The number of hydrogen-bond donors (Lipinski definition) is 1. The summed E-state index contributed by atoms with van der Waals surface area (Å²) in [6.45, 7) is 0. The van der Waals surface area contributed by atoms with Crippen LogP contribution in [0.1, 0.15) is 5.69 Å². The highest BCUT2D eigenvalue weighted by Crippen LogP contribution is 2.30. The van der Waals surface area contributed by atoms with Gasteiger partial charge in [-0.1, -0.05) is 0 Å². The molecule has 0 unspecified atom stereocenters. The molecule has 0 amide bonds. The number of nitrogens with zero attached hydrogens (tertiary/aromatic N) is 1. The van der Waals surface area contributed by atoms with E-state index in [2.05, 4.69) is 9.97 Å². The monoisotopic (exact) mass is 236 g/mol. The van der Waals surface area contributed by atoms with Gasteiger partial charge in [0.1, 0.15) is 5.69 Å². The normalized spacial score (nSPS) is 12.2. The lowest BCUT2D eigenvalue weighted by Gasteiger charge is -2.03. The molecular formula is C7H3F3N2S2. The van der Waals surface area contributed by atoms with E-state index in [1.165, 1.54) is 0 Å². The largest absolute Gasteiger partial charge is 0.433 e. The number of nitrogens with one attached hydrogen (secondary N) is 1. The molecule has 7 heteroatoms. The fourth-order valence-corrected chi connectivity index (χ4v) is 2.13. The van der Waals surface area contributed by atoms with Crippen molar-refractivity contribution in [1.82, 2.24) is 9.97 Å². The molecule has 1 N–H and O–H groups in total. The summed E-state index contributed by atoms with van der Waals surface area (Å²) in [6.07, 6.45) is -3.26. The second-order valence-electron chi connectivity index (χ2n) is 2.58. The maximum atomic E-state index is 12.2. The van der Waals surface area contributed by atoms with Crippen molar-refractivity contribution >= 4 is 33.8 Å². The molecule has 0 radical (unpaired) electrons. The third-order valence-electron chi connectivity index (χ3n) is 1.60. The lowest BCUT2D eigenvalue weighted by molar-refractivity contribution is -0.141. The number of pyridine rings is 1. The van der Waals surface area contributed by atoms with Crippen molar-refractivity contribution in [3.05, 3.63) is 21.9 Å². The van der Waals surface area contributed by atoms with E-state index >= 15 is 0 Å². The van der Waals surface area contributed by atoms with Crippen LogP contribution in [-0.2, 0) is 6.18 Å². The lowest BCUT2D eigenvalue weighted by Crippen LogP contribution is -2.06. The summed E-state index contributed by atoms with van der Waals surface area (Å²) in [4.78, 5) is 6.04. The molecule has 0 saturated heterocycles. The van der Waals surface area contributed by atoms with Crippen LogP contribution < -0.4 is 0 Å². The van der Waals surface area contributed by atoms with E-state index in [0.717, 1.165) is 23.6 Å². The van der Waals surface area contributed by atoms with E-state index in [1.54, 1.807) is 0 Å². The summed E-state index contributed by atoms with van der Waals surface area (Å²) in [5.41, 5.74) is -0.358. The van der Waals surface area contributed by atoms with Gasteiger partial charge in [0.25, 0.3) is 0 Å². The van der Waals surface area contributed by atoms with Crippen LogP contribution in [0, 0.1) is 3.95 Å². The molecule has 0 saturated carbocycles. The molecule has 0 spiro atoms. The van der Waals surface area contributed by atoms with Crippen molar-refractivity contribution in [3.63, 3.8) is 0 Å². The zero-order valence-electron chi connectivity index (χ0n) is 6.55. The average molecular weight is 236 g/mol. The summed E-state index contributed by atoms with van der Waals surface area (Å²) in [7, 11) is 0. The molecule has 0 bridgehead atoms. The van der Waals surface area contributed by atoms with Crippen molar-refractivity contribution < 1.29 is 13.2 Å². The van der Waals surface area contributed by atoms with E-state index in [4.69, 9.17) is 12.2 Å². The van der Waals surface area contributed by atoms with Gasteiger partial charge >= 0.3 is 6.18 Å². The Morgan fingerprint density at radius 3 is 2.79 bits per heavy atom. The zero-order valence-corrected chi connectivity index (χ0v) is 8.19. The van der Waals surface area contributed by atoms with Crippen molar-refractivity contribution in [2.75, 3.05) is 0 Å². The Labute approximate surface area is 85.4 Å². The SMILES string of the molecule is FC(F)(F)c1cc2sc(=S)[nH]c2cn1. The van der Waals surface area contributed by atoms with Crippen LogP contribution in [0.3, 0.4) is 0 Å². The predicted octanol–water partition coefficient (Wildman–Crippen LogP) is 3.37. The Bertz CT molecular complexity index is 525. The average Bonchev–Trinajstić information content (AvgIpc) is 2.41. The van der Waals surface area contributed by atoms with E-state index in [9.17, 15) is 13.2 Å². The molecular weight excluding hydrogens is 233 g/mol. The number of H-pyrrole nitrogens is 1. The van der Waals surface area contributed by atoms with Gasteiger partial charge in [-0.05, 0) is 18.3 Å². The smallest absolute Gasteiger partial charge is 0.336 e. The zero-order chi connectivity index (χ0) is 10.3. The number of aromatic amines is 1. The fourth-order valence-electron chi connectivity index (χ4n) is 1.01. The Morgan fingerprint density at radius 2 is 2.14 bits per heavy atom. The minimum Gasteiger partial charge on any atom is -0.336 e. The first-order chi connectivity index (χ1) is 6.47. The van der Waals surface area contributed by atoms with Crippen LogP contribution in [0.4, 0.5) is 13.2 Å². The molecule has 2 aromatic heterocycles. The first-order valence-electron chi connectivity index (χ1n) is 3.53. The molecule has 2 nitrogen and oxygen atoms in total. The van der Waals surface area contributed by atoms with Crippen molar-refractivity contribution in [2.45, 2.75) is 6.18 Å². The Hall–Kier alpha value is -0.950. The maximum absolute atomic E-state index is 12.2. The molecule has 0 aliphatic heterocycles. The van der Waals surface area contributed by atoms with Gasteiger partial charge in [-0.25, -0.2) is 4.98 Å². The molecule has 2 aromatic rings. The number of hydrogen-bond acceptors (Lipinski definition) is 3. The van der Waals surface area contributed by atoms with Gasteiger partial charge in [0, 0.05) is 0 Å².